The molecule has 0 radical (unpaired) electrons. The molecule has 0 amide bonds. The van der Waals surface area contributed by atoms with Gasteiger partial charge in [-0.2, -0.15) is 0 Å². The third-order valence-corrected chi connectivity index (χ3v) is 2.47. The van der Waals surface area contributed by atoms with Crippen LogP contribution in [0.4, 0.5) is 0 Å². The molecule has 0 fully saturated rings. The van der Waals surface area contributed by atoms with Crippen LogP contribution in [0, 0.1) is 5.92 Å². The van der Waals surface area contributed by atoms with Gasteiger partial charge in [0, 0.05) is 20.6 Å². The molecule has 3 heteroatoms. The van der Waals surface area contributed by atoms with Crippen LogP contribution in [0.25, 0.3) is 0 Å². The Balaban J connectivity index is 0. The number of rotatable bonds is 5. The van der Waals surface area contributed by atoms with Crippen LogP contribution >= 0.6 is 0 Å². The van der Waals surface area contributed by atoms with E-state index in [0.717, 1.165) is 12.2 Å². The van der Waals surface area contributed by atoms with E-state index in [9.17, 15) is 4.79 Å². The van der Waals surface area contributed by atoms with Gasteiger partial charge in [0.2, 0.25) is 0 Å². The van der Waals surface area contributed by atoms with Gasteiger partial charge in [0.1, 0.15) is 0 Å². The van der Waals surface area contributed by atoms with Crippen LogP contribution in [-0.4, -0.2) is 18.4 Å². The molecule has 0 aromatic carbocycles. The van der Waals surface area contributed by atoms with E-state index >= 15 is 0 Å². The summed E-state index contributed by atoms with van der Waals surface area (Å²) in [5.41, 5.74) is 0.988. The first-order chi connectivity index (χ1) is 8.15. The third-order valence-electron chi connectivity index (χ3n) is 2.47. The van der Waals surface area contributed by atoms with Crippen LogP contribution in [0.3, 0.4) is 0 Å². The highest BCUT2D eigenvalue weighted by atomic mass is 16.1. The number of hydrogen-bond donors (Lipinski definition) is 2. The Bertz CT molecular complexity index is 286. The van der Waals surface area contributed by atoms with Gasteiger partial charge < -0.3 is 10.6 Å². The topological polar surface area (TPSA) is 41.1 Å². The molecule has 0 bridgehead atoms. The second-order valence-electron chi connectivity index (χ2n) is 4.10. The predicted molar refractivity (Wildman–Crippen MR) is 75.7 cm³/mol. The molecule has 0 spiro atoms. The standard InChI is InChI=1S/C12H20N2O.C2H6.H2/c1-4-11(15)12(9(2)3)14-10-6-5-7-13-8-10;1-2;/h5-6,8-9,12-14H,4,7H2,1-3H3;1-2H3;1H/t12-;;/m0../s1. The van der Waals surface area contributed by atoms with Crippen LogP contribution < -0.4 is 10.6 Å². The SMILES string of the molecule is CC.CCC(=O)[C@@H](NC1=CNCC=C1)C(C)C.[HH]. The highest BCUT2D eigenvalue weighted by molar-refractivity contribution is 5.84. The Labute approximate surface area is 107 Å². The van der Waals surface area contributed by atoms with Crippen molar-refractivity contribution < 1.29 is 6.22 Å². The van der Waals surface area contributed by atoms with E-state index < -0.39 is 0 Å². The summed E-state index contributed by atoms with van der Waals surface area (Å²) in [5, 5.41) is 6.38. The maximum atomic E-state index is 11.7. The van der Waals surface area contributed by atoms with E-state index in [4.69, 9.17) is 0 Å². The first-order valence-corrected chi connectivity index (χ1v) is 6.54. The number of dihydropyridines is 1. The average Bonchev–Trinajstić information content (AvgIpc) is 2.38. The molecule has 100 valence electrons. The lowest BCUT2D eigenvalue weighted by Gasteiger charge is -2.23. The molecule has 0 aromatic rings. The molecule has 0 saturated heterocycles. The van der Waals surface area contributed by atoms with Crippen molar-refractivity contribution in [1.29, 1.82) is 0 Å². The summed E-state index contributed by atoms with van der Waals surface area (Å²) in [5.74, 6) is 0.582. The van der Waals surface area contributed by atoms with Crippen molar-refractivity contribution in [3.63, 3.8) is 0 Å². The van der Waals surface area contributed by atoms with Gasteiger partial charge >= 0.3 is 0 Å². The summed E-state index contributed by atoms with van der Waals surface area (Å²) in [4.78, 5) is 11.7. The molecule has 1 aliphatic heterocycles. The van der Waals surface area contributed by atoms with Gasteiger partial charge in [-0.3, -0.25) is 4.79 Å². The highest BCUT2D eigenvalue weighted by Crippen LogP contribution is 2.08. The van der Waals surface area contributed by atoms with Crippen molar-refractivity contribution in [3.05, 3.63) is 24.0 Å². The zero-order valence-corrected chi connectivity index (χ0v) is 11.7. The van der Waals surface area contributed by atoms with E-state index in [0.29, 0.717) is 12.3 Å². The van der Waals surface area contributed by atoms with Crippen LogP contribution in [0.2, 0.25) is 0 Å². The second kappa shape index (κ2) is 8.85. The zero-order valence-electron chi connectivity index (χ0n) is 11.7. The van der Waals surface area contributed by atoms with Crippen molar-refractivity contribution in [1.82, 2.24) is 10.6 Å². The van der Waals surface area contributed by atoms with Gasteiger partial charge in [-0.15, -0.1) is 0 Å². The molecule has 1 aliphatic rings. The van der Waals surface area contributed by atoms with Gasteiger partial charge in [0.05, 0.1) is 11.7 Å². The molecule has 17 heavy (non-hydrogen) atoms. The molecular weight excluding hydrogens is 212 g/mol. The van der Waals surface area contributed by atoms with Gasteiger partial charge in [0.25, 0.3) is 0 Å². The number of hydrogen-bond acceptors (Lipinski definition) is 3. The van der Waals surface area contributed by atoms with Gasteiger partial charge in [0.15, 0.2) is 5.78 Å². The number of allylic oxidation sites excluding steroid dienone is 1. The van der Waals surface area contributed by atoms with E-state index in [1.807, 2.05) is 39.1 Å². The summed E-state index contributed by atoms with van der Waals surface area (Å²) in [6.07, 6.45) is 6.55. The lowest BCUT2D eigenvalue weighted by molar-refractivity contribution is -0.121. The number of Topliss-reactive ketones (excluding diaryl/α,β-unsaturated/α-hetero) is 1. The number of ketones is 1. The molecule has 3 nitrogen and oxygen atoms in total. The summed E-state index contributed by atoms with van der Waals surface area (Å²) >= 11 is 0. The summed E-state index contributed by atoms with van der Waals surface area (Å²) in [6.45, 7) is 10.9. The van der Waals surface area contributed by atoms with Crippen molar-refractivity contribution in [2.24, 2.45) is 5.92 Å². The maximum absolute atomic E-state index is 11.7. The fraction of sp³-hybridized carbons (Fsp3) is 0.643. The normalized spacial score (nSPS) is 15.3. The summed E-state index contributed by atoms with van der Waals surface area (Å²) < 4.78 is 0. The minimum atomic E-state index is -0.0780. The molecule has 0 saturated carbocycles. The van der Waals surface area contributed by atoms with Crippen LogP contribution in [0.1, 0.15) is 42.5 Å². The quantitative estimate of drug-likeness (QED) is 0.776. The molecule has 0 aromatic heterocycles. The second-order valence-corrected chi connectivity index (χ2v) is 4.10. The van der Waals surface area contributed by atoms with Gasteiger partial charge in [-0.05, 0) is 12.0 Å². The maximum Gasteiger partial charge on any atom is 0.154 e. The van der Waals surface area contributed by atoms with Crippen molar-refractivity contribution >= 4 is 5.78 Å². The third kappa shape index (κ3) is 5.57. The molecule has 1 rings (SSSR count). The fourth-order valence-corrected chi connectivity index (χ4v) is 1.58. The average molecular weight is 240 g/mol. The summed E-state index contributed by atoms with van der Waals surface area (Å²) in [7, 11) is 0. The smallest absolute Gasteiger partial charge is 0.154 e. The fourth-order valence-electron chi connectivity index (χ4n) is 1.58. The number of carbonyl (C=O) groups excluding carboxylic acids is 1. The van der Waals surface area contributed by atoms with Gasteiger partial charge in [-0.25, -0.2) is 0 Å². The lowest BCUT2D eigenvalue weighted by Crippen LogP contribution is -2.40. The number of nitrogens with one attached hydrogen (secondary N) is 2. The molecule has 0 aliphatic carbocycles. The van der Waals surface area contributed by atoms with Crippen LogP contribution in [0.5, 0.6) is 0 Å². The monoisotopic (exact) mass is 240 g/mol. The first kappa shape index (κ1) is 15.8. The largest absolute Gasteiger partial charge is 0.386 e. The summed E-state index contributed by atoms with van der Waals surface area (Å²) in [6, 6.07) is -0.0780. The zero-order chi connectivity index (χ0) is 13.3. The Morgan fingerprint density at radius 1 is 1.53 bits per heavy atom. The van der Waals surface area contributed by atoms with Crippen molar-refractivity contribution in [2.75, 3.05) is 6.54 Å². The van der Waals surface area contributed by atoms with Crippen molar-refractivity contribution in [3.8, 4) is 0 Å². The first-order valence-electron chi connectivity index (χ1n) is 6.54. The van der Waals surface area contributed by atoms with Crippen LogP contribution in [-0.2, 0) is 4.79 Å². The number of carbonyl (C=O) groups is 1. The Hall–Kier alpha value is -1.25. The Kier molecular flexibility index (Phi) is 8.20. The lowest BCUT2D eigenvalue weighted by atomic mass is 9.98. The minimum Gasteiger partial charge on any atom is -0.386 e. The van der Waals surface area contributed by atoms with E-state index in [2.05, 4.69) is 24.5 Å². The minimum absolute atomic E-state index is 0. The Morgan fingerprint density at radius 2 is 2.18 bits per heavy atom. The van der Waals surface area contributed by atoms with E-state index in [1.54, 1.807) is 0 Å². The molecule has 2 N–H and O–H groups in total. The van der Waals surface area contributed by atoms with Crippen LogP contribution in [0.15, 0.2) is 24.0 Å². The molecule has 0 unspecified atom stereocenters. The highest BCUT2D eigenvalue weighted by Gasteiger charge is 2.20. The molecular formula is C14H28N2O. The molecule has 1 atom stereocenters. The molecule has 1 heterocycles. The van der Waals surface area contributed by atoms with E-state index in [1.165, 1.54) is 0 Å². The predicted octanol–water partition coefficient (Wildman–Crippen LogP) is 2.85. The van der Waals surface area contributed by atoms with E-state index in [-0.39, 0.29) is 13.3 Å². The van der Waals surface area contributed by atoms with Gasteiger partial charge in [-0.1, -0.05) is 40.7 Å². The van der Waals surface area contributed by atoms with Crippen molar-refractivity contribution in [2.45, 2.75) is 47.1 Å². The Morgan fingerprint density at radius 3 is 2.59 bits per heavy atom.